The maximum absolute atomic E-state index is 12.5. The van der Waals surface area contributed by atoms with Crippen LogP contribution in [0.15, 0.2) is 48.6 Å². The van der Waals surface area contributed by atoms with Crippen LogP contribution >= 0.6 is 7.82 Å². The first kappa shape index (κ1) is 55.9. The Bertz CT molecular complexity index is 1130. The van der Waals surface area contributed by atoms with Gasteiger partial charge < -0.3 is 29.5 Å². The standard InChI is InChI=1S/C47H85O10P/c1-4-5-6-7-8-9-10-20-23-26-29-32-36-44(48)45(49)37-34-39-46(50)55-40-43(41-56-58(52,53)54)57-47(51)38-33-30-27-24-21-18-16-14-12-11-13-15-17-19-22-25-28-31-35-42(2)3/h5-6,8-9,20,23,29,32,42-45,48-49H,4,7,10-19,21-22,24-28,30-31,33-41H2,1-3H3,(H2,52,53,54)/b6-5-,9-8-,23-20-,32-29-/t43-,44+,45+/m1/s1. The van der Waals surface area contributed by atoms with Crippen molar-refractivity contribution in [2.75, 3.05) is 13.2 Å². The van der Waals surface area contributed by atoms with Gasteiger partial charge in [-0.25, -0.2) is 4.57 Å². The Morgan fingerprint density at radius 3 is 1.43 bits per heavy atom. The van der Waals surface area contributed by atoms with Crippen LogP contribution in [0.4, 0.5) is 0 Å². The van der Waals surface area contributed by atoms with E-state index in [1.54, 1.807) is 0 Å². The molecule has 0 rings (SSSR count). The maximum Gasteiger partial charge on any atom is 0.469 e. The predicted molar refractivity (Wildman–Crippen MR) is 237 cm³/mol. The smallest absolute Gasteiger partial charge is 0.462 e. The van der Waals surface area contributed by atoms with Gasteiger partial charge in [-0.15, -0.1) is 0 Å². The van der Waals surface area contributed by atoms with Crippen molar-refractivity contribution in [3.8, 4) is 0 Å². The Morgan fingerprint density at radius 1 is 0.534 bits per heavy atom. The van der Waals surface area contributed by atoms with Crippen LogP contribution < -0.4 is 0 Å². The third-order valence-electron chi connectivity index (χ3n) is 9.99. The molecule has 0 radical (unpaired) electrons. The van der Waals surface area contributed by atoms with Crippen LogP contribution in [0.25, 0.3) is 0 Å². The van der Waals surface area contributed by atoms with Crippen molar-refractivity contribution in [3.63, 3.8) is 0 Å². The molecule has 338 valence electrons. The van der Waals surface area contributed by atoms with Crippen LogP contribution in [0.5, 0.6) is 0 Å². The topological polar surface area (TPSA) is 160 Å². The lowest BCUT2D eigenvalue weighted by molar-refractivity contribution is -0.161. The van der Waals surface area contributed by atoms with Crippen molar-refractivity contribution in [2.24, 2.45) is 5.92 Å². The van der Waals surface area contributed by atoms with Crippen molar-refractivity contribution >= 4 is 19.8 Å². The van der Waals surface area contributed by atoms with E-state index < -0.39 is 51.3 Å². The van der Waals surface area contributed by atoms with E-state index in [2.05, 4.69) is 55.7 Å². The summed E-state index contributed by atoms with van der Waals surface area (Å²) in [4.78, 5) is 43.0. The highest BCUT2D eigenvalue weighted by Gasteiger charge is 2.23. The first-order valence-corrected chi connectivity index (χ1v) is 24.5. The lowest BCUT2D eigenvalue weighted by Gasteiger charge is -2.19. The molecule has 0 heterocycles. The van der Waals surface area contributed by atoms with Crippen molar-refractivity contribution in [2.45, 2.75) is 219 Å². The number of aliphatic hydroxyl groups is 2. The summed E-state index contributed by atoms with van der Waals surface area (Å²) in [5.74, 6) is -0.329. The summed E-state index contributed by atoms with van der Waals surface area (Å²) in [5, 5.41) is 20.6. The van der Waals surface area contributed by atoms with Gasteiger partial charge in [-0.3, -0.25) is 14.1 Å². The number of unbranched alkanes of at least 4 members (excludes halogenated alkanes) is 17. The van der Waals surface area contributed by atoms with E-state index in [1.807, 2.05) is 18.2 Å². The second-order valence-corrected chi connectivity index (χ2v) is 17.4. The zero-order valence-electron chi connectivity index (χ0n) is 36.8. The van der Waals surface area contributed by atoms with E-state index in [4.69, 9.17) is 19.3 Å². The summed E-state index contributed by atoms with van der Waals surface area (Å²) < 4.78 is 26.3. The maximum atomic E-state index is 12.5. The molecule has 0 aliphatic heterocycles. The highest BCUT2D eigenvalue weighted by atomic mass is 31.2. The van der Waals surface area contributed by atoms with Crippen molar-refractivity contribution in [1.82, 2.24) is 0 Å². The molecule has 11 heteroatoms. The highest BCUT2D eigenvalue weighted by Crippen LogP contribution is 2.36. The first-order valence-electron chi connectivity index (χ1n) is 23.0. The van der Waals surface area contributed by atoms with Gasteiger partial charge in [0.05, 0.1) is 18.8 Å². The van der Waals surface area contributed by atoms with Gasteiger partial charge in [0.1, 0.15) is 6.61 Å². The summed E-state index contributed by atoms with van der Waals surface area (Å²) in [6.45, 7) is 5.69. The fourth-order valence-electron chi connectivity index (χ4n) is 6.47. The molecule has 58 heavy (non-hydrogen) atoms. The fraction of sp³-hybridized carbons (Fsp3) is 0.787. The van der Waals surface area contributed by atoms with Crippen LogP contribution in [0.3, 0.4) is 0 Å². The molecule has 10 nitrogen and oxygen atoms in total. The third kappa shape index (κ3) is 42.1. The SMILES string of the molecule is CC/C=C\C/C=C\C/C=C\C/C=C\C[C@H](O)[C@@H](O)CCCC(=O)OC[C@H](COP(=O)(O)O)OC(=O)CCCCCCCCCCCCCCCCCCCCC(C)C. The number of hydrogen-bond acceptors (Lipinski definition) is 8. The normalized spacial score (nSPS) is 14.1. The minimum absolute atomic E-state index is 0.0488. The number of ether oxygens (including phenoxy) is 2. The van der Waals surface area contributed by atoms with Gasteiger partial charge in [0.25, 0.3) is 0 Å². The quantitative estimate of drug-likeness (QED) is 0.0202. The number of aliphatic hydroxyl groups excluding tert-OH is 2. The Morgan fingerprint density at radius 2 is 0.966 bits per heavy atom. The van der Waals surface area contributed by atoms with E-state index in [-0.39, 0.29) is 32.1 Å². The highest BCUT2D eigenvalue weighted by molar-refractivity contribution is 7.46. The van der Waals surface area contributed by atoms with Crippen LogP contribution in [0.2, 0.25) is 0 Å². The number of rotatable bonds is 41. The molecule has 4 N–H and O–H groups in total. The number of carbonyl (C=O) groups excluding carboxylic acids is 2. The van der Waals surface area contributed by atoms with Gasteiger partial charge in [0.2, 0.25) is 0 Å². The van der Waals surface area contributed by atoms with Crippen molar-refractivity contribution in [3.05, 3.63) is 48.6 Å². The molecule has 0 spiro atoms. The molecule has 0 aromatic carbocycles. The second kappa shape index (κ2) is 40.3. The van der Waals surface area contributed by atoms with E-state index in [9.17, 15) is 24.4 Å². The molecule has 0 saturated carbocycles. The average Bonchev–Trinajstić information content (AvgIpc) is 3.17. The fourth-order valence-corrected chi connectivity index (χ4v) is 6.83. The summed E-state index contributed by atoms with van der Waals surface area (Å²) in [7, 11) is -4.83. The monoisotopic (exact) mass is 841 g/mol. The molecule has 0 aliphatic rings. The Kier molecular flexibility index (Phi) is 38.9. The average molecular weight is 841 g/mol. The Balaban J connectivity index is 4.06. The molecular formula is C47H85O10P. The zero-order chi connectivity index (χ0) is 43.0. The number of allylic oxidation sites excluding steroid dienone is 7. The molecule has 0 bridgehead atoms. The van der Waals surface area contributed by atoms with Crippen molar-refractivity contribution < 1.29 is 48.2 Å². The van der Waals surface area contributed by atoms with Crippen LogP contribution in [0, 0.1) is 5.92 Å². The predicted octanol–water partition coefficient (Wildman–Crippen LogP) is 12.1. The molecule has 0 aromatic heterocycles. The number of phosphoric acid groups is 1. The number of phosphoric ester groups is 1. The van der Waals surface area contributed by atoms with Gasteiger partial charge in [0, 0.05) is 12.8 Å². The molecule has 0 fully saturated rings. The Hall–Kier alpha value is -2.07. The minimum Gasteiger partial charge on any atom is -0.462 e. The van der Waals surface area contributed by atoms with Crippen LogP contribution in [0.1, 0.15) is 201 Å². The van der Waals surface area contributed by atoms with Gasteiger partial charge in [-0.1, -0.05) is 185 Å². The molecule has 0 unspecified atom stereocenters. The first-order chi connectivity index (χ1) is 27.9. The van der Waals surface area contributed by atoms with Gasteiger partial charge in [0.15, 0.2) is 6.10 Å². The molecule has 0 aromatic rings. The summed E-state index contributed by atoms with van der Waals surface area (Å²) in [6, 6.07) is 0. The number of hydrogen-bond donors (Lipinski definition) is 4. The second-order valence-electron chi connectivity index (χ2n) is 16.1. The van der Waals surface area contributed by atoms with E-state index in [0.717, 1.165) is 50.9 Å². The molecule has 0 amide bonds. The van der Waals surface area contributed by atoms with Crippen molar-refractivity contribution in [1.29, 1.82) is 0 Å². The number of carbonyl (C=O) groups is 2. The van der Waals surface area contributed by atoms with Crippen LogP contribution in [-0.2, 0) is 28.2 Å². The summed E-state index contributed by atoms with van der Waals surface area (Å²) in [5.41, 5.74) is 0. The van der Waals surface area contributed by atoms with E-state index >= 15 is 0 Å². The van der Waals surface area contributed by atoms with Crippen LogP contribution in [-0.4, -0.2) is 63.5 Å². The third-order valence-corrected chi connectivity index (χ3v) is 10.5. The molecule has 0 aliphatic carbocycles. The lowest BCUT2D eigenvalue weighted by atomic mass is 10.0. The molecule has 3 atom stereocenters. The minimum atomic E-state index is -4.83. The Labute approximate surface area is 353 Å². The largest absolute Gasteiger partial charge is 0.469 e. The zero-order valence-corrected chi connectivity index (χ0v) is 37.7. The molecule has 0 saturated heterocycles. The van der Waals surface area contributed by atoms with Gasteiger partial charge in [-0.05, 0) is 57.3 Å². The number of esters is 2. The molecular weight excluding hydrogens is 755 g/mol. The summed E-state index contributed by atoms with van der Waals surface area (Å²) >= 11 is 0. The van der Waals surface area contributed by atoms with E-state index in [0.29, 0.717) is 6.42 Å². The van der Waals surface area contributed by atoms with E-state index in [1.165, 1.54) is 96.3 Å². The van der Waals surface area contributed by atoms with Gasteiger partial charge in [-0.2, -0.15) is 0 Å². The van der Waals surface area contributed by atoms with Gasteiger partial charge >= 0.3 is 19.8 Å². The summed E-state index contributed by atoms with van der Waals surface area (Å²) in [6.07, 6.45) is 41.6. The lowest BCUT2D eigenvalue weighted by Crippen LogP contribution is -2.29.